The molecule has 2 saturated heterocycles. The van der Waals surface area contributed by atoms with Crippen LogP contribution in [-0.2, 0) is 11.3 Å². The largest absolute Gasteiger partial charge is 0.373 e. The fraction of sp³-hybridized carbons (Fsp3) is 0.529. The number of rotatable bonds is 3. The Hall–Kier alpha value is -1.79. The van der Waals surface area contributed by atoms with Gasteiger partial charge in [-0.2, -0.15) is 0 Å². The lowest BCUT2D eigenvalue weighted by molar-refractivity contribution is -0.157. The van der Waals surface area contributed by atoms with Gasteiger partial charge in [-0.05, 0) is 38.2 Å². The maximum Gasteiger partial charge on any atom is 0.251 e. The zero-order valence-electron chi connectivity index (χ0n) is 12.9. The predicted octanol–water partition coefficient (Wildman–Crippen LogP) is 1.97. The van der Waals surface area contributed by atoms with Gasteiger partial charge in [0.25, 0.3) is 5.56 Å². The summed E-state index contributed by atoms with van der Waals surface area (Å²) in [5, 5.41) is 0. The first kappa shape index (κ1) is 14.8. The number of aromatic nitrogens is 2. The first-order valence-corrected chi connectivity index (χ1v) is 8.07. The molecule has 3 aliphatic rings. The molecule has 0 spiro atoms. The molecule has 2 aromatic heterocycles. The van der Waals surface area contributed by atoms with Crippen molar-refractivity contribution in [3.05, 3.63) is 40.6 Å². The van der Waals surface area contributed by atoms with Gasteiger partial charge in [0, 0.05) is 24.2 Å². The Morgan fingerprint density at radius 3 is 2.78 bits per heavy atom. The Bertz CT molecular complexity index is 793. The van der Waals surface area contributed by atoms with Gasteiger partial charge in [-0.25, -0.2) is 4.39 Å². The molecule has 0 aromatic carbocycles. The maximum absolute atomic E-state index is 13.5. The molecule has 2 bridgehead atoms. The zero-order valence-corrected chi connectivity index (χ0v) is 12.9. The second-order valence-electron chi connectivity index (χ2n) is 6.97. The standard InChI is InChI=1S/C17H20FN3O2/c18-12-9-14-13(20-10-12)1-2-15(22)21(14)8-7-17-5-3-16(19,4-6-17)11-23-17/h1-2,9-10H,3-8,11,19H2. The van der Waals surface area contributed by atoms with Gasteiger partial charge < -0.3 is 15.0 Å². The molecular formula is C17H20FN3O2. The summed E-state index contributed by atoms with van der Waals surface area (Å²) in [4.78, 5) is 16.3. The molecule has 0 radical (unpaired) electrons. The molecule has 3 fully saturated rings. The van der Waals surface area contributed by atoms with E-state index in [4.69, 9.17) is 10.5 Å². The van der Waals surface area contributed by atoms with E-state index in [-0.39, 0.29) is 16.7 Å². The molecule has 0 atom stereocenters. The number of halogens is 1. The third-order valence-corrected chi connectivity index (χ3v) is 5.42. The lowest BCUT2D eigenvalue weighted by atomic mass is 9.70. The normalized spacial score (nSPS) is 30.0. The first-order valence-electron chi connectivity index (χ1n) is 8.07. The van der Waals surface area contributed by atoms with E-state index in [1.807, 2.05) is 0 Å². The van der Waals surface area contributed by atoms with E-state index >= 15 is 0 Å². The number of fused-ring (bicyclic) bond motifs is 4. The minimum absolute atomic E-state index is 0.138. The number of hydrogen-bond acceptors (Lipinski definition) is 4. The van der Waals surface area contributed by atoms with Gasteiger partial charge in [0.1, 0.15) is 5.82 Å². The van der Waals surface area contributed by atoms with Crippen molar-refractivity contribution in [1.82, 2.24) is 9.55 Å². The van der Waals surface area contributed by atoms with Crippen LogP contribution in [-0.4, -0.2) is 27.3 Å². The summed E-state index contributed by atoms with van der Waals surface area (Å²) in [6, 6.07) is 4.49. The van der Waals surface area contributed by atoms with Crippen molar-refractivity contribution in [2.45, 2.75) is 49.8 Å². The van der Waals surface area contributed by atoms with E-state index in [1.165, 1.54) is 18.3 Å². The molecule has 2 N–H and O–H groups in total. The molecule has 5 nitrogen and oxygen atoms in total. The van der Waals surface area contributed by atoms with Gasteiger partial charge in [0.2, 0.25) is 0 Å². The maximum atomic E-state index is 13.5. The molecule has 1 saturated carbocycles. The van der Waals surface area contributed by atoms with E-state index in [0.29, 0.717) is 24.2 Å². The Morgan fingerprint density at radius 1 is 1.30 bits per heavy atom. The SMILES string of the molecule is NC12CCC(CCn3c(=O)ccc4ncc(F)cc43)(CC1)OC2. The molecule has 6 heteroatoms. The van der Waals surface area contributed by atoms with Crippen molar-refractivity contribution >= 4 is 11.0 Å². The fourth-order valence-corrected chi connectivity index (χ4v) is 3.80. The lowest BCUT2D eigenvalue weighted by Gasteiger charge is -2.51. The predicted molar refractivity (Wildman–Crippen MR) is 84.6 cm³/mol. The Balaban J connectivity index is 1.62. The molecule has 4 heterocycles. The average molecular weight is 317 g/mol. The van der Waals surface area contributed by atoms with Crippen LogP contribution < -0.4 is 11.3 Å². The highest BCUT2D eigenvalue weighted by Crippen LogP contribution is 2.44. The monoisotopic (exact) mass is 317 g/mol. The molecule has 2 aromatic rings. The van der Waals surface area contributed by atoms with Crippen molar-refractivity contribution in [3.8, 4) is 0 Å². The van der Waals surface area contributed by atoms with Crippen LogP contribution in [0.2, 0.25) is 0 Å². The fourth-order valence-electron chi connectivity index (χ4n) is 3.80. The summed E-state index contributed by atoms with van der Waals surface area (Å²) >= 11 is 0. The molecular weight excluding hydrogens is 297 g/mol. The topological polar surface area (TPSA) is 70.1 Å². The van der Waals surface area contributed by atoms with Crippen molar-refractivity contribution in [3.63, 3.8) is 0 Å². The zero-order chi connectivity index (χ0) is 16.1. The second kappa shape index (κ2) is 5.11. The average Bonchev–Trinajstić information content (AvgIpc) is 2.55. The molecule has 2 aliphatic heterocycles. The molecule has 0 unspecified atom stereocenters. The minimum Gasteiger partial charge on any atom is -0.373 e. The van der Waals surface area contributed by atoms with Crippen molar-refractivity contribution in [2.24, 2.45) is 5.73 Å². The van der Waals surface area contributed by atoms with E-state index in [9.17, 15) is 9.18 Å². The smallest absolute Gasteiger partial charge is 0.251 e. The summed E-state index contributed by atoms with van der Waals surface area (Å²) in [6.45, 7) is 1.09. The van der Waals surface area contributed by atoms with Gasteiger partial charge in [0.05, 0.1) is 29.4 Å². The van der Waals surface area contributed by atoms with Crippen LogP contribution in [0.1, 0.15) is 32.1 Å². The number of nitrogens with zero attached hydrogens (tertiary/aromatic N) is 2. The Labute approximate surface area is 133 Å². The van der Waals surface area contributed by atoms with Crippen LogP contribution in [0.3, 0.4) is 0 Å². The summed E-state index contributed by atoms with van der Waals surface area (Å²) in [7, 11) is 0. The summed E-state index contributed by atoms with van der Waals surface area (Å²) in [6.07, 6.45) is 5.69. The van der Waals surface area contributed by atoms with Gasteiger partial charge >= 0.3 is 0 Å². The quantitative estimate of drug-likeness (QED) is 0.939. The van der Waals surface area contributed by atoms with Crippen LogP contribution in [0.15, 0.2) is 29.2 Å². The van der Waals surface area contributed by atoms with E-state index in [1.54, 1.807) is 10.6 Å². The highest BCUT2D eigenvalue weighted by Gasteiger charge is 2.47. The van der Waals surface area contributed by atoms with Crippen LogP contribution in [0.5, 0.6) is 0 Å². The van der Waals surface area contributed by atoms with Crippen LogP contribution >= 0.6 is 0 Å². The van der Waals surface area contributed by atoms with E-state index < -0.39 is 5.82 Å². The number of aryl methyl sites for hydroxylation is 1. The van der Waals surface area contributed by atoms with Crippen molar-refractivity contribution in [2.75, 3.05) is 6.61 Å². The van der Waals surface area contributed by atoms with Crippen LogP contribution in [0.25, 0.3) is 11.0 Å². The number of ether oxygens (including phenoxy) is 1. The lowest BCUT2D eigenvalue weighted by Crippen LogP contribution is -2.59. The van der Waals surface area contributed by atoms with Crippen molar-refractivity contribution < 1.29 is 9.13 Å². The molecule has 1 aliphatic carbocycles. The second-order valence-corrected chi connectivity index (χ2v) is 6.97. The van der Waals surface area contributed by atoms with E-state index in [2.05, 4.69) is 4.98 Å². The molecule has 122 valence electrons. The van der Waals surface area contributed by atoms with Crippen molar-refractivity contribution in [1.29, 1.82) is 0 Å². The first-order chi connectivity index (χ1) is 11.0. The van der Waals surface area contributed by atoms with Gasteiger partial charge in [-0.3, -0.25) is 9.78 Å². The molecule has 5 rings (SSSR count). The Kier molecular flexibility index (Phi) is 3.28. The van der Waals surface area contributed by atoms with Gasteiger partial charge in [-0.1, -0.05) is 0 Å². The summed E-state index contributed by atoms with van der Waals surface area (Å²) < 4.78 is 21.2. The number of pyridine rings is 2. The minimum atomic E-state index is -0.436. The number of hydrogen-bond donors (Lipinski definition) is 1. The highest BCUT2D eigenvalue weighted by atomic mass is 19.1. The number of nitrogens with two attached hydrogens (primary N) is 1. The van der Waals surface area contributed by atoms with Crippen LogP contribution in [0, 0.1) is 5.82 Å². The molecule has 0 amide bonds. The van der Waals surface area contributed by atoms with Gasteiger partial charge in [0.15, 0.2) is 0 Å². The highest BCUT2D eigenvalue weighted by molar-refractivity contribution is 5.74. The third kappa shape index (κ3) is 2.56. The van der Waals surface area contributed by atoms with Gasteiger partial charge in [-0.15, -0.1) is 0 Å². The van der Waals surface area contributed by atoms with Crippen LogP contribution in [0.4, 0.5) is 4.39 Å². The Morgan fingerprint density at radius 2 is 2.09 bits per heavy atom. The summed E-state index contributed by atoms with van der Waals surface area (Å²) in [5.74, 6) is -0.436. The van der Waals surface area contributed by atoms with E-state index in [0.717, 1.165) is 32.1 Å². The molecule has 23 heavy (non-hydrogen) atoms. The third-order valence-electron chi connectivity index (χ3n) is 5.42. The summed E-state index contributed by atoms with van der Waals surface area (Å²) in [5.41, 5.74) is 6.92.